The zero-order valence-corrected chi connectivity index (χ0v) is 15.9. The molecule has 0 fully saturated rings. The zero-order valence-electron chi connectivity index (χ0n) is 15.9. The van der Waals surface area contributed by atoms with Crippen molar-refractivity contribution in [3.8, 4) is 11.5 Å². The fourth-order valence-corrected chi connectivity index (χ4v) is 2.59. The molecule has 1 amide bonds. The third-order valence-corrected chi connectivity index (χ3v) is 4.04. The smallest absolute Gasteiger partial charge is 0.262 e. The van der Waals surface area contributed by atoms with E-state index < -0.39 is 11.5 Å². The maximum absolute atomic E-state index is 12.7. The van der Waals surface area contributed by atoms with Crippen LogP contribution in [0.25, 0.3) is 10.9 Å². The van der Waals surface area contributed by atoms with Crippen LogP contribution in [0.5, 0.6) is 11.5 Å². The van der Waals surface area contributed by atoms with Gasteiger partial charge in [-0.15, -0.1) is 0 Å². The van der Waals surface area contributed by atoms with E-state index in [1.54, 1.807) is 7.05 Å². The van der Waals surface area contributed by atoms with Gasteiger partial charge in [-0.1, -0.05) is 0 Å². The Morgan fingerprint density at radius 3 is 2.62 bits per heavy atom. The molecular weight excluding hydrogens is 380 g/mol. The molecule has 3 rings (SSSR count). The van der Waals surface area contributed by atoms with Crippen LogP contribution in [0.4, 0.5) is 11.9 Å². The SMILES string of the molecule is CNc1ncc(C(=O)Nc2nc3c(OC)c(OCC=O)ccc3c(=O)n2C)cn1. The number of hydrogen-bond acceptors (Lipinski definition) is 9. The fraction of sp³-hybridized carbons (Fsp3) is 0.222. The largest absolute Gasteiger partial charge is 0.491 e. The second-order valence-corrected chi connectivity index (χ2v) is 5.77. The molecule has 0 spiro atoms. The predicted octanol–water partition coefficient (Wildman–Crippen LogP) is 0.604. The van der Waals surface area contributed by atoms with E-state index >= 15 is 0 Å². The van der Waals surface area contributed by atoms with Crippen LogP contribution in [0.1, 0.15) is 10.4 Å². The topological polar surface area (TPSA) is 137 Å². The van der Waals surface area contributed by atoms with Gasteiger partial charge in [0.1, 0.15) is 12.1 Å². The molecule has 3 aromatic rings. The van der Waals surface area contributed by atoms with Crippen molar-refractivity contribution in [1.82, 2.24) is 19.5 Å². The summed E-state index contributed by atoms with van der Waals surface area (Å²) in [6.07, 6.45) is 3.28. The van der Waals surface area contributed by atoms with Crippen molar-refractivity contribution in [3.63, 3.8) is 0 Å². The van der Waals surface area contributed by atoms with Crippen LogP contribution in [-0.2, 0) is 11.8 Å². The van der Waals surface area contributed by atoms with Gasteiger partial charge in [-0.25, -0.2) is 15.0 Å². The first kappa shape index (κ1) is 19.7. The van der Waals surface area contributed by atoms with E-state index in [1.165, 1.54) is 43.3 Å². The number of hydrogen-bond donors (Lipinski definition) is 2. The highest BCUT2D eigenvalue weighted by molar-refractivity contribution is 6.03. The summed E-state index contributed by atoms with van der Waals surface area (Å²) in [6, 6.07) is 3.04. The molecule has 0 unspecified atom stereocenters. The molecule has 150 valence electrons. The Kier molecular flexibility index (Phi) is 5.67. The average molecular weight is 398 g/mol. The van der Waals surface area contributed by atoms with Crippen molar-refractivity contribution in [1.29, 1.82) is 0 Å². The molecule has 0 aliphatic carbocycles. The molecule has 0 saturated heterocycles. The van der Waals surface area contributed by atoms with E-state index in [2.05, 4.69) is 25.6 Å². The Morgan fingerprint density at radius 2 is 2.00 bits per heavy atom. The number of nitrogens with one attached hydrogen (secondary N) is 2. The second kappa shape index (κ2) is 8.33. The van der Waals surface area contributed by atoms with Gasteiger partial charge in [-0.2, -0.15) is 0 Å². The third-order valence-electron chi connectivity index (χ3n) is 4.04. The fourth-order valence-electron chi connectivity index (χ4n) is 2.59. The number of aromatic nitrogens is 4. The highest BCUT2D eigenvalue weighted by Crippen LogP contribution is 2.33. The maximum atomic E-state index is 12.7. The summed E-state index contributed by atoms with van der Waals surface area (Å²) in [4.78, 5) is 48.2. The van der Waals surface area contributed by atoms with E-state index in [0.29, 0.717) is 12.2 Å². The summed E-state index contributed by atoms with van der Waals surface area (Å²) in [5.74, 6) is 0.253. The van der Waals surface area contributed by atoms with E-state index in [-0.39, 0.29) is 40.5 Å². The number of fused-ring (bicyclic) bond motifs is 1. The minimum atomic E-state index is -0.540. The van der Waals surface area contributed by atoms with Crippen LogP contribution < -0.4 is 25.7 Å². The van der Waals surface area contributed by atoms with Gasteiger partial charge in [0.05, 0.1) is 18.1 Å². The number of rotatable bonds is 7. The summed E-state index contributed by atoms with van der Waals surface area (Å²) in [7, 11) is 4.53. The lowest BCUT2D eigenvalue weighted by molar-refractivity contribution is -0.109. The van der Waals surface area contributed by atoms with Gasteiger partial charge in [-0.3, -0.25) is 24.3 Å². The van der Waals surface area contributed by atoms with Crippen molar-refractivity contribution in [2.75, 3.05) is 31.4 Å². The van der Waals surface area contributed by atoms with Crippen LogP contribution in [0.2, 0.25) is 0 Å². The molecule has 2 N–H and O–H groups in total. The molecule has 0 aliphatic rings. The average Bonchev–Trinajstić information content (AvgIpc) is 2.75. The van der Waals surface area contributed by atoms with Gasteiger partial charge >= 0.3 is 0 Å². The lowest BCUT2D eigenvalue weighted by Crippen LogP contribution is -2.25. The maximum Gasteiger partial charge on any atom is 0.262 e. The zero-order chi connectivity index (χ0) is 21.0. The van der Waals surface area contributed by atoms with E-state index in [0.717, 1.165) is 0 Å². The Labute approximate surface area is 164 Å². The van der Waals surface area contributed by atoms with Gasteiger partial charge < -0.3 is 14.8 Å². The molecule has 0 aliphatic heterocycles. The number of benzene rings is 1. The van der Waals surface area contributed by atoms with Crippen LogP contribution in [0.3, 0.4) is 0 Å². The van der Waals surface area contributed by atoms with Crippen molar-refractivity contribution in [3.05, 3.63) is 40.4 Å². The van der Waals surface area contributed by atoms with Crippen LogP contribution in [0.15, 0.2) is 29.3 Å². The Balaban J connectivity index is 2.04. The molecule has 11 nitrogen and oxygen atoms in total. The standard InChI is InChI=1S/C18H18N6O5/c1-19-17-20-8-10(9-21-17)15(26)23-18-22-13-11(16(27)24(18)2)4-5-12(14(13)28-3)29-7-6-25/h4-6,8-9H,7H2,1-3H3,(H,19,20,21)(H,22,23,26). The minimum absolute atomic E-state index is 0.00368. The minimum Gasteiger partial charge on any atom is -0.491 e. The summed E-state index contributed by atoms with van der Waals surface area (Å²) in [5, 5.41) is 5.59. The number of carbonyl (C=O) groups is 2. The van der Waals surface area contributed by atoms with Gasteiger partial charge in [0.15, 0.2) is 17.8 Å². The molecule has 0 bridgehead atoms. The van der Waals surface area contributed by atoms with Crippen molar-refractivity contribution < 1.29 is 19.1 Å². The van der Waals surface area contributed by atoms with Crippen LogP contribution in [0, 0.1) is 0 Å². The predicted molar refractivity (Wildman–Crippen MR) is 105 cm³/mol. The quantitative estimate of drug-likeness (QED) is 0.548. The van der Waals surface area contributed by atoms with Gasteiger partial charge in [0.2, 0.25) is 11.9 Å². The second-order valence-electron chi connectivity index (χ2n) is 5.77. The molecule has 0 atom stereocenters. The number of amides is 1. The number of ether oxygens (including phenoxy) is 2. The Hall–Kier alpha value is -4.02. The molecule has 11 heteroatoms. The summed E-state index contributed by atoms with van der Waals surface area (Å²) >= 11 is 0. The number of carbonyl (C=O) groups excluding carboxylic acids is 2. The first-order valence-electron chi connectivity index (χ1n) is 8.45. The first-order chi connectivity index (χ1) is 14.0. The summed E-state index contributed by atoms with van der Waals surface area (Å²) < 4.78 is 11.8. The molecule has 0 radical (unpaired) electrons. The van der Waals surface area contributed by atoms with Crippen molar-refractivity contribution >= 4 is 35.0 Å². The van der Waals surface area contributed by atoms with E-state index in [4.69, 9.17) is 9.47 Å². The van der Waals surface area contributed by atoms with Crippen molar-refractivity contribution in [2.45, 2.75) is 0 Å². The molecule has 0 saturated carbocycles. The Morgan fingerprint density at radius 1 is 1.28 bits per heavy atom. The van der Waals surface area contributed by atoms with E-state index in [9.17, 15) is 14.4 Å². The lowest BCUT2D eigenvalue weighted by Gasteiger charge is -2.14. The number of methoxy groups -OCH3 is 1. The number of aldehydes is 1. The van der Waals surface area contributed by atoms with Crippen molar-refractivity contribution in [2.24, 2.45) is 7.05 Å². The molecule has 2 aromatic heterocycles. The molecular formula is C18H18N6O5. The van der Waals surface area contributed by atoms with E-state index in [1.807, 2.05) is 0 Å². The monoisotopic (exact) mass is 398 g/mol. The first-order valence-corrected chi connectivity index (χ1v) is 8.45. The van der Waals surface area contributed by atoms with Gasteiger partial charge in [0, 0.05) is 26.5 Å². The number of anilines is 2. The molecule has 2 heterocycles. The lowest BCUT2D eigenvalue weighted by atomic mass is 10.2. The van der Waals surface area contributed by atoms with Crippen LogP contribution in [-0.4, -0.2) is 52.5 Å². The molecule has 29 heavy (non-hydrogen) atoms. The summed E-state index contributed by atoms with van der Waals surface area (Å²) in [5.41, 5.74) is -0.0169. The third kappa shape index (κ3) is 3.83. The number of nitrogens with zero attached hydrogens (tertiary/aromatic N) is 4. The highest BCUT2D eigenvalue weighted by atomic mass is 16.5. The highest BCUT2D eigenvalue weighted by Gasteiger charge is 2.18. The van der Waals surface area contributed by atoms with Gasteiger partial charge in [0.25, 0.3) is 11.5 Å². The normalized spacial score (nSPS) is 10.4. The summed E-state index contributed by atoms with van der Waals surface area (Å²) in [6.45, 7) is -0.182. The van der Waals surface area contributed by atoms with Gasteiger partial charge in [-0.05, 0) is 12.1 Å². The van der Waals surface area contributed by atoms with Crippen LogP contribution >= 0.6 is 0 Å². The Bertz CT molecular complexity index is 1130. The molecule has 1 aromatic carbocycles.